The molecule has 0 spiro atoms. The van der Waals surface area contributed by atoms with Gasteiger partial charge in [-0.25, -0.2) is 9.18 Å². The molecule has 0 unspecified atom stereocenters. The van der Waals surface area contributed by atoms with Crippen molar-refractivity contribution in [3.05, 3.63) is 82.8 Å². The smallest absolute Gasteiger partial charge is 0.285 e. The monoisotopic (exact) mass is 336 g/mol. The van der Waals surface area contributed by atoms with E-state index in [2.05, 4.69) is 20.6 Å². The van der Waals surface area contributed by atoms with Gasteiger partial charge in [0, 0.05) is 11.8 Å². The van der Waals surface area contributed by atoms with E-state index < -0.39 is 0 Å². The molecule has 7 nitrogen and oxygen atoms in total. The van der Waals surface area contributed by atoms with Crippen molar-refractivity contribution < 1.29 is 4.39 Å². The number of hydrogen-bond acceptors (Lipinski definition) is 4. The minimum absolute atomic E-state index is 0.156. The van der Waals surface area contributed by atoms with Gasteiger partial charge in [-0.15, -0.1) is 0 Å². The van der Waals surface area contributed by atoms with Gasteiger partial charge in [0.25, 0.3) is 0 Å². The zero-order valence-corrected chi connectivity index (χ0v) is 13.0. The highest BCUT2D eigenvalue weighted by molar-refractivity contribution is 5.62. The average molecular weight is 336 g/mol. The third-order valence-electron chi connectivity index (χ3n) is 3.80. The number of aromatic amines is 1. The van der Waals surface area contributed by atoms with Crippen molar-refractivity contribution in [3.8, 4) is 16.8 Å². The maximum Gasteiger partial charge on any atom is 0.368 e. The number of halogens is 1. The molecule has 4 rings (SSSR count). The van der Waals surface area contributed by atoms with Gasteiger partial charge in [0.1, 0.15) is 5.82 Å². The number of H-pyrrole nitrogens is 1. The van der Waals surface area contributed by atoms with Gasteiger partial charge in [0.05, 0.1) is 18.4 Å². The predicted molar refractivity (Wildman–Crippen MR) is 88.7 cm³/mol. The lowest BCUT2D eigenvalue weighted by atomic mass is 10.1. The van der Waals surface area contributed by atoms with E-state index in [0.717, 1.165) is 11.1 Å². The Hall–Kier alpha value is -3.55. The zero-order valence-electron chi connectivity index (χ0n) is 13.0. The summed E-state index contributed by atoms with van der Waals surface area (Å²) in [7, 11) is 0. The molecule has 25 heavy (non-hydrogen) atoms. The van der Waals surface area contributed by atoms with Crippen LogP contribution in [0, 0.1) is 5.82 Å². The van der Waals surface area contributed by atoms with E-state index in [1.54, 1.807) is 36.7 Å². The first kappa shape index (κ1) is 15.0. The van der Waals surface area contributed by atoms with Crippen molar-refractivity contribution in [2.24, 2.45) is 0 Å². The van der Waals surface area contributed by atoms with Gasteiger partial charge in [0.15, 0.2) is 0 Å². The lowest BCUT2D eigenvalue weighted by molar-refractivity contribution is 0.608. The Kier molecular flexibility index (Phi) is 3.70. The number of benzene rings is 2. The van der Waals surface area contributed by atoms with Crippen LogP contribution >= 0.6 is 0 Å². The first-order valence-electron chi connectivity index (χ1n) is 7.57. The number of nitrogens with one attached hydrogen (secondary N) is 1. The molecular weight excluding hydrogens is 323 g/mol. The molecule has 2 heterocycles. The SMILES string of the molecule is O=c1n(Cc2cccc(F)c2)nnn1-c1ccc(-c2cn[nH]c2)cc1. The molecule has 2 aromatic heterocycles. The van der Waals surface area contributed by atoms with E-state index in [1.165, 1.54) is 21.5 Å². The van der Waals surface area contributed by atoms with Gasteiger partial charge in [-0.05, 0) is 45.8 Å². The minimum atomic E-state index is -0.389. The number of hydrogen-bond donors (Lipinski definition) is 1. The van der Waals surface area contributed by atoms with Gasteiger partial charge < -0.3 is 0 Å². The highest BCUT2D eigenvalue weighted by atomic mass is 19.1. The topological polar surface area (TPSA) is 81.4 Å². The van der Waals surface area contributed by atoms with E-state index in [9.17, 15) is 9.18 Å². The summed E-state index contributed by atoms with van der Waals surface area (Å²) in [5.74, 6) is -0.354. The Labute approximate surface area is 141 Å². The van der Waals surface area contributed by atoms with E-state index in [4.69, 9.17) is 0 Å². The highest BCUT2D eigenvalue weighted by Crippen LogP contribution is 2.18. The van der Waals surface area contributed by atoms with Crippen LogP contribution in [-0.2, 0) is 6.54 Å². The quantitative estimate of drug-likeness (QED) is 0.618. The first-order chi connectivity index (χ1) is 12.2. The van der Waals surface area contributed by atoms with Gasteiger partial charge in [-0.2, -0.15) is 14.5 Å². The molecule has 2 aromatic carbocycles. The van der Waals surface area contributed by atoms with E-state index in [-0.39, 0.29) is 18.1 Å². The summed E-state index contributed by atoms with van der Waals surface area (Å²) in [6.07, 6.45) is 3.51. The van der Waals surface area contributed by atoms with Crippen molar-refractivity contribution in [2.75, 3.05) is 0 Å². The molecule has 4 aromatic rings. The first-order valence-corrected chi connectivity index (χ1v) is 7.57. The fourth-order valence-corrected chi connectivity index (χ4v) is 2.55. The summed E-state index contributed by atoms with van der Waals surface area (Å²) in [5, 5.41) is 14.4. The summed E-state index contributed by atoms with van der Waals surface area (Å²) in [6.45, 7) is 0.156. The molecule has 0 bridgehead atoms. The summed E-state index contributed by atoms with van der Waals surface area (Å²) < 4.78 is 15.7. The summed E-state index contributed by atoms with van der Waals surface area (Å²) in [4.78, 5) is 12.5. The van der Waals surface area contributed by atoms with Crippen LogP contribution in [0.1, 0.15) is 5.56 Å². The highest BCUT2D eigenvalue weighted by Gasteiger charge is 2.10. The van der Waals surface area contributed by atoms with Crippen LogP contribution in [0.4, 0.5) is 4.39 Å². The van der Waals surface area contributed by atoms with Gasteiger partial charge in [-0.3, -0.25) is 5.10 Å². The van der Waals surface area contributed by atoms with Crippen molar-refractivity contribution in [1.82, 2.24) is 30.0 Å². The lowest BCUT2D eigenvalue weighted by Crippen LogP contribution is -2.24. The molecule has 0 fully saturated rings. The number of tetrazole rings is 1. The summed E-state index contributed by atoms with van der Waals surface area (Å²) >= 11 is 0. The minimum Gasteiger partial charge on any atom is -0.285 e. The van der Waals surface area contributed by atoms with Crippen LogP contribution in [0.25, 0.3) is 16.8 Å². The molecule has 124 valence electrons. The molecule has 0 saturated heterocycles. The maximum atomic E-state index is 13.3. The molecule has 0 amide bonds. The van der Waals surface area contributed by atoms with Crippen LogP contribution in [0.15, 0.2) is 65.7 Å². The van der Waals surface area contributed by atoms with Crippen LogP contribution in [0.5, 0.6) is 0 Å². The van der Waals surface area contributed by atoms with E-state index in [1.807, 2.05) is 12.1 Å². The third kappa shape index (κ3) is 2.97. The summed E-state index contributed by atoms with van der Waals surface area (Å²) in [5.41, 5.74) is 2.78. The summed E-state index contributed by atoms with van der Waals surface area (Å²) in [6, 6.07) is 13.4. The van der Waals surface area contributed by atoms with Gasteiger partial charge >= 0.3 is 5.69 Å². The fraction of sp³-hybridized carbons (Fsp3) is 0.0588. The van der Waals surface area contributed by atoms with Gasteiger partial charge in [-0.1, -0.05) is 24.3 Å². The number of nitrogens with zero attached hydrogens (tertiary/aromatic N) is 5. The standard InChI is InChI=1S/C17H13FN6O/c18-15-3-1-2-12(8-15)11-23-17(25)24(22-21-23)16-6-4-13(5-7-16)14-9-19-20-10-14/h1-10H,11H2,(H,19,20). The maximum absolute atomic E-state index is 13.3. The van der Waals surface area contributed by atoms with Crippen molar-refractivity contribution >= 4 is 0 Å². The lowest BCUT2D eigenvalue weighted by Gasteiger charge is -2.01. The molecular formula is C17H13FN6O. The van der Waals surface area contributed by atoms with Crippen molar-refractivity contribution in [1.29, 1.82) is 0 Å². The molecule has 0 aliphatic carbocycles. The molecule has 0 saturated carbocycles. The molecule has 1 N–H and O–H groups in total. The molecule has 0 aliphatic heterocycles. The molecule has 0 radical (unpaired) electrons. The van der Waals surface area contributed by atoms with Crippen LogP contribution in [0.3, 0.4) is 0 Å². The fourth-order valence-electron chi connectivity index (χ4n) is 2.55. The Morgan fingerprint density at radius 2 is 1.88 bits per heavy atom. The second-order valence-corrected chi connectivity index (χ2v) is 5.49. The second-order valence-electron chi connectivity index (χ2n) is 5.49. The number of rotatable bonds is 4. The normalized spacial score (nSPS) is 10.9. The van der Waals surface area contributed by atoms with E-state index in [0.29, 0.717) is 11.3 Å². The van der Waals surface area contributed by atoms with Crippen LogP contribution in [-0.4, -0.2) is 30.0 Å². The predicted octanol–water partition coefficient (Wildman–Crippen LogP) is 2.01. The Bertz CT molecular complexity index is 1050. The number of aromatic nitrogens is 6. The molecule has 0 atom stereocenters. The second kappa shape index (κ2) is 6.16. The molecule has 0 aliphatic rings. The third-order valence-corrected chi connectivity index (χ3v) is 3.80. The Morgan fingerprint density at radius 3 is 2.60 bits per heavy atom. The van der Waals surface area contributed by atoms with Crippen LogP contribution in [0.2, 0.25) is 0 Å². The molecule has 8 heteroatoms. The Balaban J connectivity index is 1.61. The Morgan fingerprint density at radius 1 is 1.04 bits per heavy atom. The average Bonchev–Trinajstić information content (AvgIpc) is 3.27. The van der Waals surface area contributed by atoms with Crippen LogP contribution < -0.4 is 5.69 Å². The van der Waals surface area contributed by atoms with Crippen molar-refractivity contribution in [3.63, 3.8) is 0 Å². The van der Waals surface area contributed by atoms with Crippen molar-refractivity contribution in [2.45, 2.75) is 6.54 Å². The largest absolute Gasteiger partial charge is 0.368 e. The van der Waals surface area contributed by atoms with E-state index >= 15 is 0 Å². The van der Waals surface area contributed by atoms with Gasteiger partial charge in [0.2, 0.25) is 0 Å². The zero-order chi connectivity index (χ0) is 17.2.